The molecule has 25 heavy (non-hydrogen) atoms. The van der Waals surface area contributed by atoms with Gasteiger partial charge in [-0.05, 0) is 48.5 Å². The number of aromatic nitrogens is 1. The molecule has 4 nitrogen and oxygen atoms in total. The van der Waals surface area contributed by atoms with Crippen LogP contribution in [0, 0.1) is 0 Å². The Morgan fingerprint density at radius 1 is 0.920 bits per heavy atom. The number of fused-ring (bicyclic) bond motifs is 1. The molecule has 3 aromatic carbocycles. The topological polar surface area (TPSA) is 51.2 Å². The zero-order chi connectivity index (χ0) is 17.1. The number of thiazole rings is 1. The van der Waals surface area contributed by atoms with Crippen LogP contribution >= 0.6 is 11.3 Å². The van der Waals surface area contributed by atoms with E-state index in [-0.39, 0.29) is 5.91 Å². The van der Waals surface area contributed by atoms with Gasteiger partial charge in [0.15, 0.2) is 0 Å². The van der Waals surface area contributed by atoms with Crippen molar-refractivity contribution >= 4 is 33.1 Å². The zero-order valence-electron chi connectivity index (χ0n) is 13.2. The number of ether oxygens (including phenoxy) is 1. The summed E-state index contributed by atoms with van der Waals surface area (Å²) in [6.45, 7) is 0. The maximum Gasteiger partial charge on any atom is 0.255 e. The van der Waals surface area contributed by atoms with Gasteiger partial charge in [0.1, 0.15) is 11.5 Å². The van der Waals surface area contributed by atoms with Crippen LogP contribution < -0.4 is 10.1 Å². The van der Waals surface area contributed by atoms with Gasteiger partial charge < -0.3 is 10.1 Å². The van der Waals surface area contributed by atoms with Gasteiger partial charge in [0.05, 0.1) is 15.7 Å². The highest BCUT2D eigenvalue weighted by atomic mass is 32.1. The number of nitrogens with zero attached hydrogens (tertiary/aromatic N) is 1. The van der Waals surface area contributed by atoms with Crippen molar-refractivity contribution in [2.75, 3.05) is 5.32 Å². The molecule has 0 spiro atoms. The third kappa shape index (κ3) is 3.51. The van der Waals surface area contributed by atoms with Gasteiger partial charge in [-0.15, -0.1) is 11.3 Å². The fraction of sp³-hybridized carbons (Fsp3) is 0. The van der Waals surface area contributed by atoms with Gasteiger partial charge in [0, 0.05) is 11.3 Å². The molecule has 0 radical (unpaired) electrons. The van der Waals surface area contributed by atoms with Crippen LogP contribution in [0.3, 0.4) is 0 Å². The first-order chi connectivity index (χ1) is 12.3. The summed E-state index contributed by atoms with van der Waals surface area (Å²) in [6.07, 6.45) is 0. The van der Waals surface area contributed by atoms with Gasteiger partial charge in [0.2, 0.25) is 0 Å². The van der Waals surface area contributed by atoms with Gasteiger partial charge in [-0.3, -0.25) is 4.79 Å². The predicted molar refractivity (Wildman–Crippen MR) is 101 cm³/mol. The van der Waals surface area contributed by atoms with Gasteiger partial charge in [-0.25, -0.2) is 4.98 Å². The Hall–Kier alpha value is -3.18. The number of anilines is 1. The van der Waals surface area contributed by atoms with E-state index in [1.54, 1.807) is 35.0 Å². The average Bonchev–Trinajstić information content (AvgIpc) is 3.10. The van der Waals surface area contributed by atoms with Crippen LogP contribution in [0.4, 0.5) is 5.69 Å². The van der Waals surface area contributed by atoms with Gasteiger partial charge in [0.25, 0.3) is 5.91 Å². The predicted octanol–water partition coefficient (Wildman–Crippen LogP) is 5.34. The minimum Gasteiger partial charge on any atom is -0.457 e. The van der Waals surface area contributed by atoms with Crippen molar-refractivity contribution < 1.29 is 9.53 Å². The van der Waals surface area contributed by atoms with Gasteiger partial charge in [-0.2, -0.15) is 0 Å². The number of para-hydroxylation sites is 1. The van der Waals surface area contributed by atoms with E-state index in [4.69, 9.17) is 4.74 Å². The molecule has 5 heteroatoms. The van der Waals surface area contributed by atoms with E-state index in [0.29, 0.717) is 11.3 Å². The first-order valence-corrected chi connectivity index (χ1v) is 8.63. The molecular weight excluding hydrogens is 332 g/mol. The van der Waals surface area contributed by atoms with Crippen molar-refractivity contribution in [2.45, 2.75) is 0 Å². The summed E-state index contributed by atoms with van der Waals surface area (Å²) < 4.78 is 6.82. The van der Waals surface area contributed by atoms with E-state index in [2.05, 4.69) is 10.3 Å². The lowest BCUT2D eigenvalue weighted by atomic mass is 10.2. The largest absolute Gasteiger partial charge is 0.457 e. The van der Waals surface area contributed by atoms with Crippen LogP contribution in [-0.4, -0.2) is 10.9 Å². The Balaban J connectivity index is 1.52. The molecule has 4 aromatic rings. The number of carbonyl (C=O) groups is 1. The number of hydrogen-bond donors (Lipinski definition) is 1. The highest BCUT2D eigenvalue weighted by Gasteiger charge is 2.09. The molecule has 1 aromatic heterocycles. The third-order valence-corrected chi connectivity index (χ3v) is 4.46. The third-order valence-electron chi connectivity index (χ3n) is 3.66. The summed E-state index contributed by atoms with van der Waals surface area (Å²) in [6, 6.07) is 22.3. The van der Waals surface area contributed by atoms with Crippen LogP contribution in [0.5, 0.6) is 11.5 Å². The molecular formula is C20H14N2O2S. The number of amides is 1. The second-order valence-electron chi connectivity index (χ2n) is 5.43. The molecule has 0 unspecified atom stereocenters. The summed E-state index contributed by atoms with van der Waals surface area (Å²) >= 11 is 1.55. The van der Waals surface area contributed by atoms with Crippen molar-refractivity contribution in [3.8, 4) is 11.5 Å². The molecule has 0 fully saturated rings. The minimum atomic E-state index is -0.178. The maximum atomic E-state index is 12.5. The normalized spacial score (nSPS) is 10.6. The van der Waals surface area contributed by atoms with E-state index in [1.807, 2.05) is 54.6 Å². The van der Waals surface area contributed by atoms with Gasteiger partial charge >= 0.3 is 0 Å². The second kappa shape index (κ2) is 6.75. The molecule has 0 saturated carbocycles. The molecule has 0 bridgehead atoms. The molecule has 0 aliphatic rings. The van der Waals surface area contributed by atoms with E-state index in [0.717, 1.165) is 21.7 Å². The lowest BCUT2D eigenvalue weighted by molar-refractivity contribution is 0.102. The molecule has 0 aliphatic heterocycles. The molecule has 0 atom stereocenters. The molecule has 1 amide bonds. The maximum absolute atomic E-state index is 12.5. The SMILES string of the molecule is O=C(Nc1ccc2ncsc2c1)c1cccc(Oc2ccccc2)c1. The summed E-state index contributed by atoms with van der Waals surface area (Å²) in [5, 5.41) is 2.92. The Kier molecular flexibility index (Phi) is 4.14. The van der Waals surface area contributed by atoms with Crippen LogP contribution in [0.15, 0.2) is 78.3 Å². The standard InChI is InChI=1S/C20H14N2O2S/c23-20(22-15-9-10-18-19(12-15)25-13-21-18)14-5-4-8-17(11-14)24-16-6-2-1-3-7-16/h1-13H,(H,22,23). The highest BCUT2D eigenvalue weighted by Crippen LogP contribution is 2.24. The number of carbonyl (C=O) groups excluding carboxylic acids is 1. The molecule has 1 heterocycles. The summed E-state index contributed by atoms with van der Waals surface area (Å²) in [7, 11) is 0. The van der Waals surface area contributed by atoms with E-state index >= 15 is 0 Å². The smallest absolute Gasteiger partial charge is 0.255 e. The van der Waals surface area contributed by atoms with Crippen molar-refractivity contribution in [2.24, 2.45) is 0 Å². The van der Waals surface area contributed by atoms with E-state index in [9.17, 15) is 4.79 Å². The summed E-state index contributed by atoms with van der Waals surface area (Å²) in [4.78, 5) is 16.8. The fourth-order valence-corrected chi connectivity index (χ4v) is 3.18. The van der Waals surface area contributed by atoms with Crippen molar-refractivity contribution in [3.63, 3.8) is 0 Å². The zero-order valence-corrected chi connectivity index (χ0v) is 14.0. The molecule has 1 N–H and O–H groups in total. The number of nitrogens with one attached hydrogen (secondary N) is 1. The Morgan fingerprint density at radius 3 is 2.64 bits per heavy atom. The quantitative estimate of drug-likeness (QED) is 0.542. The first-order valence-electron chi connectivity index (χ1n) is 7.75. The second-order valence-corrected chi connectivity index (χ2v) is 6.32. The molecule has 0 saturated heterocycles. The highest BCUT2D eigenvalue weighted by molar-refractivity contribution is 7.16. The monoisotopic (exact) mass is 346 g/mol. The average molecular weight is 346 g/mol. The lowest BCUT2D eigenvalue weighted by Gasteiger charge is -2.08. The number of benzene rings is 3. The van der Waals surface area contributed by atoms with Crippen LogP contribution in [-0.2, 0) is 0 Å². The summed E-state index contributed by atoms with van der Waals surface area (Å²) in [5.74, 6) is 1.18. The van der Waals surface area contributed by atoms with Crippen molar-refractivity contribution in [1.29, 1.82) is 0 Å². The van der Waals surface area contributed by atoms with Crippen LogP contribution in [0.2, 0.25) is 0 Å². The molecule has 122 valence electrons. The van der Waals surface area contributed by atoms with Gasteiger partial charge in [-0.1, -0.05) is 24.3 Å². The van der Waals surface area contributed by atoms with Crippen LogP contribution in [0.1, 0.15) is 10.4 Å². The summed E-state index contributed by atoms with van der Waals surface area (Å²) in [5.41, 5.74) is 4.01. The number of rotatable bonds is 4. The first kappa shape index (κ1) is 15.4. The fourth-order valence-electron chi connectivity index (χ4n) is 2.46. The Morgan fingerprint density at radius 2 is 1.76 bits per heavy atom. The lowest BCUT2D eigenvalue weighted by Crippen LogP contribution is -2.11. The minimum absolute atomic E-state index is 0.178. The van der Waals surface area contributed by atoms with Crippen LogP contribution in [0.25, 0.3) is 10.2 Å². The Bertz CT molecular complexity index is 1030. The van der Waals surface area contributed by atoms with Crippen molar-refractivity contribution in [3.05, 3.63) is 83.9 Å². The van der Waals surface area contributed by atoms with E-state index in [1.165, 1.54) is 0 Å². The molecule has 4 rings (SSSR count). The van der Waals surface area contributed by atoms with E-state index < -0.39 is 0 Å². The van der Waals surface area contributed by atoms with Crippen molar-refractivity contribution in [1.82, 2.24) is 4.98 Å². The Labute approximate surface area is 148 Å². The molecule has 0 aliphatic carbocycles. The number of hydrogen-bond acceptors (Lipinski definition) is 4.